The molecule has 0 aliphatic heterocycles. The van der Waals surface area contributed by atoms with E-state index in [1.54, 1.807) is 0 Å². The summed E-state index contributed by atoms with van der Waals surface area (Å²) in [6.45, 7) is -0.287. The number of carboxylic acid groups (broad SMARTS) is 1. The van der Waals surface area contributed by atoms with E-state index >= 15 is 0 Å². The van der Waals surface area contributed by atoms with Crippen LogP contribution in [0.2, 0.25) is 0 Å². The van der Waals surface area contributed by atoms with Gasteiger partial charge in [0.1, 0.15) is 5.69 Å². The Bertz CT molecular complexity index is 410. The fraction of sp³-hybridized carbons (Fsp3) is 0.333. The molecule has 0 fully saturated rings. The molecule has 88 valence electrons. The number of halogens is 3. The van der Waals surface area contributed by atoms with Crippen LogP contribution in [-0.2, 0) is 17.8 Å². The number of carboxylic acids is 1. The van der Waals surface area contributed by atoms with E-state index in [0.29, 0.717) is 0 Å². The van der Waals surface area contributed by atoms with E-state index in [1.807, 2.05) is 0 Å². The molecule has 0 aliphatic carbocycles. The summed E-state index contributed by atoms with van der Waals surface area (Å²) in [6.07, 6.45) is -3.51. The Hall–Kier alpha value is -1.63. The van der Waals surface area contributed by atoms with Gasteiger partial charge in [-0.1, -0.05) is 0 Å². The van der Waals surface area contributed by atoms with Crippen molar-refractivity contribution < 1.29 is 23.1 Å². The molecule has 0 aliphatic rings. The molecule has 16 heavy (non-hydrogen) atoms. The summed E-state index contributed by atoms with van der Waals surface area (Å²) in [4.78, 5) is 13.5. The van der Waals surface area contributed by atoms with Crippen molar-refractivity contribution in [2.75, 3.05) is 0 Å². The number of nitrogens with zero attached hydrogens (tertiary/aromatic N) is 1. The van der Waals surface area contributed by atoms with Crippen LogP contribution in [0.1, 0.15) is 23.2 Å². The number of rotatable bonds is 4. The van der Waals surface area contributed by atoms with Gasteiger partial charge in [-0.2, -0.15) is 4.39 Å². The van der Waals surface area contributed by atoms with Crippen molar-refractivity contribution in [3.05, 3.63) is 28.8 Å². The van der Waals surface area contributed by atoms with Crippen LogP contribution in [-0.4, -0.2) is 16.1 Å². The maximum absolute atomic E-state index is 13.2. The molecule has 0 aromatic carbocycles. The van der Waals surface area contributed by atoms with Gasteiger partial charge in [-0.25, -0.2) is 13.8 Å². The van der Waals surface area contributed by atoms with Crippen LogP contribution in [0.4, 0.5) is 13.2 Å². The lowest BCUT2D eigenvalue weighted by atomic mass is 10.1. The van der Waals surface area contributed by atoms with Crippen molar-refractivity contribution in [3.8, 4) is 0 Å². The Labute approximate surface area is 88.9 Å². The lowest BCUT2D eigenvalue weighted by Crippen LogP contribution is -2.12. The summed E-state index contributed by atoms with van der Waals surface area (Å²) in [5.74, 6) is -2.39. The summed E-state index contributed by atoms with van der Waals surface area (Å²) in [6, 6.07) is 0.865. The van der Waals surface area contributed by atoms with Crippen LogP contribution in [0.15, 0.2) is 6.07 Å². The van der Waals surface area contributed by atoms with Gasteiger partial charge in [0.15, 0.2) is 0 Å². The van der Waals surface area contributed by atoms with E-state index in [4.69, 9.17) is 10.8 Å². The van der Waals surface area contributed by atoms with Gasteiger partial charge in [0.2, 0.25) is 5.95 Å². The maximum atomic E-state index is 13.2. The molecule has 1 rings (SSSR count). The monoisotopic (exact) mass is 234 g/mol. The predicted octanol–water partition coefficient (Wildman–Crippen LogP) is 1.24. The third-order valence-corrected chi connectivity index (χ3v) is 1.96. The van der Waals surface area contributed by atoms with E-state index < -0.39 is 30.5 Å². The van der Waals surface area contributed by atoms with E-state index in [-0.39, 0.29) is 17.7 Å². The smallest absolute Gasteiger partial charge is 0.307 e. The largest absolute Gasteiger partial charge is 0.481 e. The number of carbonyl (C=O) groups is 1. The molecule has 1 aromatic rings. The Morgan fingerprint density at radius 1 is 1.56 bits per heavy atom. The van der Waals surface area contributed by atoms with Crippen LogP contribution in [0, 0.1) is 5.95 Å². The number of hydrogen-bond donors (Lipinski definition) is 2. The fourth-order valence-electron chi connectivity index (χ4n) is 1.26. The Morgan fingerprint density at radius 2 is 2.19 bits per heavy atom. The zero-order chi connectivity index (χ0) is 12.3. The molecule has 4 nitrogen and oxygen atoms in total. The van der Waals surface area contributed by atoms with E-state index in [0.717, 1.165) is 6.07 Å². The highest BCUT2D eigenvalue weighted by molar-refractivity contribution is 5.70. The molecule has 3 N–H and O–H groups in total. The van der Waals surface area contributed by atoms with Crippen LogP contribution in [0.25, 0.3) is 0 Å². The number of nitrogens with two attached hydrogens (primary N) is 1. The molecule has 1 aromatic heterocycles. The van der Waals surface area contributed by atoms with Gasteiger partial charge in [-0.05, 0) is 11.6 Å². The summed E-state index contributed by atoms with van der Waals surface area (Å²) >= 11 is 0. The summed E-state index contributed by atoms with van der Waals surface area (Å²) in [7, 11) is 0. The minimum absolute atomic E-state index is 0.0715. The van der Waals surface area contributed by atoms with Gasteiger partial charge in [0, 0.05) is 12.1 Å². The van der Waals surface area contributed by atoms with Crippen molar-refractivity contribution in [1.29, 1.82) is 0 Å². The standard InChI is InChI=1S/C9H9F3N2O2/c10-8(11)6-1-4(2-7(15)16)5(3-13)9(12)14-6/h1,8H,2-3,13H2,(H,15,16). The number of aromatic nitrogens is 1. The third-order valence-electron chi connectivity index (χ3n) is 1.96. The average molecular weight is 234 g/mol. The molecule has 0 radical (unpaired) electrons. The molecule has 0 saturated heterocycles. The zero-order valence-corrected chi connectivity index (χ0v) is 8.08. The summed E-state index contributed by atoms with van der Waals surface area (Å²) in [5.41, 5.74) is 4.19. The maximum Gasteiger partial charge on any atom is 0.307 e. The lowest BCUT2D eigenvalue weighted by molar-refractivity contribution is -0.136. The second kappa shape index (κ2) is 4.93. The topological polar surface area (TPSA) is 76.2 Å². The zero-order valence-electron chi connectivity index (χ0n) is 8.08. The van der Waals surface area contributed by atoms with Crippen LogP contribution in [0.3, 0.4) is 0 Å². The van der Waals surface area contributed by atoms with Crippen LogP contribution >= 0.6 is 0 Å². The van der Waals surface area contributed by atoms with Gasteiger partial charge >= 0.3 is 5.97 Å². The van der Waals surface area contributed by atoms with Crippen LogP contribution in [0.5, 0.6) is 0 Å². The van der Waals surface area contributed by atoms with Crippen LogP contribution < -0.4 is 5.73 Å². The molecule has 0 spiro atoms. The molecular weight excluding hydrogens is 225 g/mol. The van der Waals surface area contributed by atoms with E-state index in [1.165, 1.54) is 0 Å². The Kier molecular flexibility index (Phi) is 3.83. The normalized spacial score (nSPS) is 10.8. The molecule has 0 amide bonds. The number of pyridine rings is 1. The SMILES string of the molecule is NCc1c(CC(=O)O)cc(C(F)F)nc1F. The Balaban J connectivity index is 3.24. The minimum atomic E-state index is -2.95. The molecule has 0 atom stereocenters. The summed E-state index contributed by atoms with van der Waals surface area (Å²) < 4.78 is 37.8. The van der Waals surface area contributed by atoms with Crippen molar-refractivity contribution in [2.45, 2.75) is 19.4 Å². The molecular formula is C9H9F3N2O2. The first kappa shape index (κ1) is 12.4. The van der Waals surface area contributed by atoms with Gasteiger partial charge in [-0.3, -0.25) is 4.79 Å². The summed E-state index contributed by atoms with van der Waals surface area (Å²) in [5, 5.41) is 8.54. The Morgan fingerprint density at radius 3 is 2.62 bits per heavy atom. The van der Waals surface area contributed by atoms with E-state index in [2.05, 4.69) is 4.98 Å². The first-order valence-corrected chi connectivity index (χ1v) is 4.34. The first-order chi connectivity index (χ1) is 7.45. The molecule has 1 heterocycles. The van der Waals surface area contributed by atoms with Gasteiger partial charge < -0.3 is 10.8 Å². The second-order valence-electron chi connectivity index (χ2n) is 3.05. The highest BCUT2D eigenvalue weighted by atomic mass is 19.3. The fourth-order valence-corrected chi connectivity index (χ4v) is 1.26. The lowest BCUT2D eigenvalue weighted by Gasteiger charge is -2.09. The number of hydrogen-bond acceptors (Lipinski definition) is 3. The van der Waals surface area contributed by atoms with Gasteiger partial charge in [-0.15, -0.1) is 0 Å². The van der Waals surface area contributed by atoms with Gasteiger partial charge in [0.25, 0.3) is 6.43 Å². The van der Waals surface area contributed by atoms with Crippen molar-refractivity contribution in [3.63, 3.8) is 0 Å². The second-order valence-corrected chi connectivity index (χ2v) is 3.05. The number of alkyl halides is 2. The van der Waals surface area contributed by atoms with E-state index in [9.17, 15) is 18.0 Å². The van der Waals surface area contributed by atoms with Crippen molar-refractivity contribution in [2.24, 2.45) is 5.73 Å². The van der Waals surface area contributed by atoms with Gasteiger partial charge in [0.05, 0.1) is 6.42 Å². The van der Waals surface area contributed by atoms with Crippen molar-refractivity contribution >= 4 is 5.97 Å². The first-order valence-electron chi connectivity index (χ1n) is 4.34. The average Bonchev–Trinajstić information content (AvgIpc) is 2.16. The molecule has 0 unspecified atom stereocenters. The quantitative estimate of drug-likeness (QED) is 0.768. The molecule has 7 heteroatoms. The predicted molar refractivity (Wildman–Crippen MR) is 48.4 cm³/mol. The molecule has 0 bridgehead atoms. The number of aliphatic carboxylic acids is 1. The van der Waals surface area contributed by atoms with Crippen molar-refractivity contribution in [1.82, 2.24) is 4.98 Å². The highest BCUT2D eigenvalue weighted by Crippen LogP contribution is 2.21. The molecule has 0 saturated carbocycles. The third kappa shape index (κ3) is 2.69. The minimum Gasteiger partial charge on any atom is -0.481 e. The highest BCUT2D eigenvalue weighted by Gasteiger charge is 2.18.